The van der Waals surface area contributed by atoms with Gasteiger partial charge in [-0.15, -0.1) is 22.7 Å². The molecule has 0 bridgehead atoms. The fourth-order valence-corrected chi connectivity index (χ4v) is 9.30. The molecule has 0 radical (unpaired) electrons. The van der Waals surface area contributed by atoms with Crippen molar-refractivity contribution >= 4 is 68.6 Å². The fraction of sp³-hybridized carbons (Fsp3) is 0.115. The molecular formula is C52H44N2O4S2. The summed E-state index contributed by atoms with van der Waals surface area (Å²) in [6.45, 7) is -0.412. The summed E-state index contributed by atoms with van der Waals surface area (Å²) in [5, 5.41) is 9.10. The Labute approximate surface area is 359 Å². The summed E-state index contributed by atoms with van der Waals surface area (Å²) in [5.74, 6) is -0.349. The first-order valence-electron chi connectivity index (χ1n) is 19.9. The Kier molecular flexibility index (Phi) is 12.7. The molecule has 0 saturated carbocycles. The largest absolute Gasteiger partial charge is 0.469 e. The van der Waals surface area contributed by atoms with Crippen molar-refractivity contribution in [3.8, 4) is 30.6 Å². The Morgan fingerprint density at radius 1 is 0.450 bits per heavy atom. The summed E-state index contributed by atoms with van der Waals surface area (Å²) in [5.41, 5.74) is 10.8. The number of ketones is 1. The van der Waals surface area contributed by atoms with E-state index in [0.717, 1.165) is 50.8 Å². The van der Waals surface area contributed by atoms with Gasteiger partial charge in [0.05, 0.1) is 7.11 Å². The van der Waals surface area contributed by atoms with Crippen LogP contribution >= 0.6 is 22.7 Å². The lowest BCUT2D eigenvalue weighted by molar-refractivity contribution is -0.140. The number of carbonyl (C=O) groups is 2. The molecule has 0 aliphatic rings. The van der Waals surface area contributed by atoms with Crippen molar-refractivity contribution in [3.63, 3.8) is 0 Å². The molecule has 0 unspecified atom stereocenters. The van der Waals surface area contributed by atoms with Crippen molar-refractivity contribution in [3.05, 3.63) is 193 Å². The molecule has 6 aromatic carbocycles. The van der Waals surface area contributed by atoms with Gasteiger partial charge in [-0.2, -0.15) is 0 Å². The normalized spacial score (nSPS) is 11.0. The molecule has 0 aliphatic carbocycles. The predicted octanol–water partition coefficient (Wildman–Crippen LogP) is 13.3. The Bertz CT molecular complexity index is 2450. The van der Waals surface area contributed by atoms with Crippen LogP contribution in [0.2, 0.25) is 0 Å². The van der Waals surface area contributed by atoms with Crippen LogP contribution in [-0.4, -0.2) is 30.6 Å². The summed E-state index contributed by atoms with van der Waals surface area (Å²) >= 11 is 3.60. The van der Waals surface area contributed by atoms with E-state index < -0.39 is 6.61 Å². The van der Waals surface area contributed by atoms with E-state index in [1.54, 1.807) is 22.7 Å². The smallest absolute Gasteiger partial charge is 0.305 e. The third kappa shape index (κ3) is 9.48. The van der Waals surface area contributed by atoms with E-state index in [1.165, 1.54) is 32.2 Å². The van der Waals surface area contributed by atoms with Crippen LogP contribution in [0.25, 0.3) is 30.6 Å². The highest BCUT2D eigenvalue weighted by Gasteiger charge is 2.16. The third-order valence-electron chi connectivity index (χ3n) is 10.4. The number of aliphatic hydroxyl groups excluding tert-OH is 1. The van der Waals surface area contributed by atoms with Gasteiger partial charge in [0.15, 0.2) is 5.78 Å². The van der Waals surface area contributed by atoms with E-state index in [-0.39, 0.29) is 11.8 Å². The number of aryl methyl sites for hydroxylation is 2. The number of esters is 1. The SMILES string of the molecule is COC(=O)CCc1ccc(N(c2ccccc2)c2ccc(-c3ccc(-c4ccc(-c5ccc(N(c6ccccc6)c6ccc(CCC(=O)CO)cc6)cc5)s4)s3)cc2)cc1. The number of rotatable bonds is 16. The van der Waals surface area contributed by atoms with Crippen molar-refractivity contribution in [2.24, 2.45) is 0 Å². The van der Waals surface area contributed by atoms with Crippen LogP contribution in [0, 0.1) is 0 Å². The van der Waals surface area contributed by atoms with Crippen LogP contribution in [-0.2, 0) is 27.2 Å². The first-order chi connectivity index (χ1) is 29.4. The number of hydrogen-bond donors (Lipinski definition) is 1. The molecule has 8 aromatic rings. The molecule has 0 atom stereocenters. The predicted molar refractivity (Wildman–Crippen MR) is 249 cm³/mol. The average molecular weight is 825 g/mol. The highest BCUT2D eigenvalue weighted by molar-refractivity contribution is 7.25. The Morgan fingerprint density at radius 3 is 1.18 bits per heavy atom. The summed E-state index contributed by atoms with van der Waals surface area (Å²) in [6, 6.07) is 63.7. The zero-order valence-corrected chi connectivity index (χ0v) is 34.9. The Balaban J connectivity index is 0.977. The van der Waals surface area contributed by atoms with Gasteiger partial charge in [0.1, 0.15) is 6.61 Å². The molecule has 0 saturated heterocycles. The zero-order valence-electron chi connectivity index (χ0n) is 33.2. The number of Topliss-reactive ketones (excluding diaryl/α,β-unsaturated/α-hetero) is 1. The molecule has 8 heteroatoms. The van der Waals surface area contributed by atoms with Crippen LogP contribution in [0.3, 0.4) is 0 Å². The number of hydrogen-bond acceptors (Lipinski definition) is 8. The van der Waals surface area contributed by atoms with Crippen LogP contribution in [0.1, 0.15) is 24.0 Å². The standard InChI is InChI=1S/C52H44N2O4S2/c1-58-52(57)35-17-38-14-24-44(25-15-38)54(42-10-6-3-7-11-42)46-28-20-40(21-29-46)49-32-34-51(60-49)50-33-31-48(59-50)39-18-26-45(27-19-39)53(41-8-4-2-5-9-41)43-22-12-37(13-23-43)16-30-47(56)36-55/h2-15,18-29,31-34,55H,16-17,30,35-36H2,1H3. The van der Waals surface area contributed by atoms with E-state index >= 15 is 0 Å². The second-order valence-electron chi connectivity index (χ2n) is 14.4. The van der Waals surface area contributed by atoms with Crippen molar-refractivity contribution in [2.75, 3.05) is 23.5 Å². The van der Waals surface area contributed by atoms with Gasteiger partial charge in [0, 0.05) is 66.5 Å². The Hall–Kier alpha value is -6.58. The van der Waals surface area contributed by atoms with Crippen LogP contribution in [0.15, 0.2) is 182 Å². The first kappa shape index (κ1) is 40.2. The number of para-hydroxylation sites is 2. The number of anilines is 6. The van der Waals surface area contributed by atoms with Crippen LogP contribution < -0.4 is 9.80 Å². The summed E-state index contributed by atoms with van der Waals surface area (Å²) < 4.78 is 4.82. The number of ether oxygens (including phenoxy) is 1. The highest BCUT2D eigenvalue weighted by atomic mass is 32.1. The first-order valence-corrected chi connectivity index (χ1v) is 21.6. The number of carbonyl (C=O) groups excluding carboxylic acids is 2. The lowest BCUT2D eigenvalue weighted by Gasteiger charge is -2.25. The summed E-state index contributed by atoms with van der Waals surface area (Å²) in [7, 11) is 1.42. The quantitative estimate of drug-likeness (QED) is 0.0979. The van der Waals surface area contributed by atoms with Crippen LogP contribution in [0.5, 0.6) is 0 Å². The minimum atomic E-state index is -0.412. The molecule has 60 heavy (non-hydrogen) atoms. The topological polar surface area (TPSA) is 70.1 Å². The van der Waals surface area contributed by atoms with Gasteiger partial charge in [-0.25, -0.2) is 0 Å². The molecule has 8 rings (SSSR count). The minimum absolute atomic E-state index is 0.146. The molecule has 2 aromatic heterocycles. The zero-order chi connectivity index (χ0) is 41.3. The Morgan fingerprint density at radius 2 is 0.800 bits per heavy atom. The van der Waals surface area contributed by atoms with E-state index in [2.05, 4.69) is 168 Å². The average Bonchev–Trinajstić information content (AvgIpc) is 4.01. The molecule has 0 aliphatic heterocycles. The number of aliphatic hydroxyl groups is 1. The molecule has 1 N–H and O–H groups in total. The minimum Gasteiger partial charge on any atom is -0.469 e. The van der Waals surface area contributed by atoms with E-state index in [4.69, 9.17) is 9.84 Å². The van der Waals surface area contributed by atoms with Gasteiger partial charge in [-0.1, -0.05) is 84.9 Å². The summed E-state index contributed by atoms with van der Waals surface area (Å²) in [6.07, 6.45) is 1.94. The van der Waals surface area contributed by atoms with Crippen LogP contribution in [0.4, 0.5) is 34.1 Å². The second kappa shape index (κ2) is 19.0. The molecular weight excluding hydrogens is 781 g/mol. The summed E-state index contributed by atoms with van der Waals surface area (Å²) in [4.78, 5) is 32.7. The van der Waals surface area contributed by atoms with Crippen molar-refractivity contribution < 1.29 is 19.4 Å². The fourth-order valence-electron chi connectivity index (χ4n) is 7.18. The van der Waals surface area contributed by atoms with E-state index in [0.29, 0.717) is 25.7 Å². The van der Waals surface area contributed by atoms with E-state index in [1.807, 2.05) is 24.3 Å². The highest BCUT2D eigenvalue weighted by Crippen LogP contribution is 2.43. The van der Waals surface area contributed by atoms with Crippen molar-refractivity contribution in [1.82, 2.24) is 0 Å². The van der Waals surface area contributed by atoms with E-state index in [9.17, 15) is 9.59 Å². The van der Waals surface area contributed by atoms with Gasteiger partial charge in [0.2, 0.25) is 0 Å². The maximum absolute atomic E-state index is 11.7. The molecule has 298 valence electrons. The van der Waals surface area contributed by atoms with Gasteiger partial charge < -0.3 is 19.6 Å². The monoisotopic (exact) mass is 824 g/mol. The molecule has 0 fully saturated rings. The second-order valence-corrected chi connectivity index (χ2v) is 16.5. The number of benzene rings is 6. The lowest BCUT2D eigenvalue weighted by Crippen LogP contribution is -2.10. The van der Waals surface area contributed by atoms with Crippen molar-refractivity contribution in [1.29, 1.82) is 0 Å². The number of nitrogens with zero attached hydrogens (tertiary/aromatic N) is 2. The maximum Gasteiger partial charge on any atom is 0.305 e. The van der Waals surface area contributed by atoms with Gasteiger partial charge in [-0.05, 0) is 132 Å². The number of methoxy groups -OCH3 is 1. The molecule has 0 spiro atoms. The van der Waals surface area contributed by atoms with Crippen molar-refractivity contribution in [2.45, 2.75) is 25.7 Å². The van der Waals surface area contributed by atoms with Gasteiger partial charge in [0.25, 0.3) is 0 Å². The third-order valence-corrected chi connectivity index (χ3v) is 12.9. The number of thiophene rings is 2. The lowest BCUT2D eigenvalue weighted by atomic mass is 10.1. The molecule has 2 heterocycles. The van der Waals surface area contributed by atoms with Gasteiger partial charge >= 0.3 is 5.97 Å². The maximum atomic E-state index is 11.7. The van der Waals surface area contributed by atoms with Gasteiger partial charge in [-0.3, -0.25) is 9.59 Å². The molecule has 0 amide bonds. The molecule has 6 nitrogen and oxygen atoms in total.